The molecular formula is C20H20FN3O4. The number of urea groups is 1. The van der Waals surface area contributed by atoms with Crippen LogP contribution in [-0.2, 0) is 4.79 Å². The van der Waals surface area contributed by atoms with Crippen molar-refractivity contribution in [3.8, 4) is 11.5 Å². The number of amides is 3. The van der Waals surface area contributed by atoms with Crippen molar-refractivity contribution < 1.29 is 23.5 Å². The SMILES string of the molecule is CC1(C)C[C@@H](NC(=O)Nc2ccc3c(c2)NC(=O)CO3)c2cc(F)ccc2O1. The standard InChI is InChI=1S/C20H20FN3O4/c1-20(2)9-15(13-7-11(21)3-5-16(13)28-20)24-19(26)22-12-4-6-17-14(8-12)23-18(25)10-27-17/h3-8,15H,9-10H2,1-2H3,(H,23,25)(H2,22,24,26)/t15-/m1/s1. The second kappa shape index (κ2) is 6.70. The molecule has 3 N–H and O–H groups in total. The van der Waals surface area contributed by atoms with Gasteiger partial charge in [-0.2, -0.15) is 0 Å². The van der Waals surface area contributed by atoms with E-state index in [1.54, 1.807) is 24.3 Å². The summed E-state index contributed by atoms with van der Waals surface area (Å²) in [7, 11) is 0. The van der Waals surface area contributed by atoms with Crippen LogP contribution in [0.3, 0.4) is 0 Å². The topological polar surface area (TPSA) is 88.7 Å². The maximum atomic E-state index is 13.7. The molecule has 0 unspecified atom stereocenters. The average Bonchev–Trinajstić information content (AvgIpc) is 2.61. The largest absolute Gasteiger partial charge is 0.487 e. The molecule has 4 rings (SSSR count). The van der Waals surface area contributed by atoms with Gasteiger partial charge in [0.25, 0.3) is 5.91 Å². The number of carbonyl (C=O) groups is 2. The van der Waals surface area contributed by atoms with E-state index >= 15 is 0 Å². The molecule has 2 aromatic rings. The third-order valence-corrected chi connectivity index (χ3v) is 4.60. The summed E-state index contributed by atoms with van der Waals surface area (Å²) >= 11 is 0. The van der Waals surface area contributed by atoms with Crippen LogP contribution in [0.2, 0.25) is 0 Å². The molecule has 2 aliphatic heterocycles. The molecule has 0 aliphatic carbocycles. The Labute approximate surface area is 161 Å². The van der Waals surface area contributed by atoms with E-state index in [-0.39, 0.29) is 18.3 Å². The zero-order valence-electron chi connectivity index (χ0n) is 15.5. The smallest absolute Gasteiger partial charge is 0.319 e. The summed E-state index contributed by atoms with van der Waals surface area (Å²) in [5.74, 6) is 0.453. The van der Waals surface area contributed by atoms with Crippen molar-refractivity contribution in [2.24, 2.45) is 0 Å². The molecule has 28 heavy (non-hydrogen) atoms. The Morgan fingerprint density at radius 1 is 1.21 bits per heavy atom. The van der Waals surface area contributed by atoms with E-state index in [9.17, 15) is 14.0 Å². The third-order valence-electron chi connectivity index (χ3n) is 4.60. The zero-order valence-corrected chi connectivity index (χ0v) is 15.5. The van der Waals surface area contributed by atoms with E-state index in [0.717, 1.165) is 0 Å². The van der Waals surface area contributed by atoms with E-state index in [0.29, 0.717) is 34.9 Å². The minimum absolute atomic E-state index is 0.0320. The molecule has 2 aliphatic rings. The number of fused-ring (bicyclic) bond motifs is 2. The quantitative estimate of drug-likeness (QED) is 0.737. The fourth-order valence-electron chi connectivity index (χ4n) is 3.44. The van der Waals surface area contributed by atoms with Gasteiger partial charge in [-0.3, -0.25) is 4.79 Å². The molecule has 2 aromatic carbocycles. The van der Waals surface area contributed by atoms with Gasteiger partial charge in [-0.25, -0.2) is 9.18 Å². The van der Waals surface area contributed by atoms with Crippen LogP contribution in [-0.4, -0.2) is 24.1 Å². The van der Waals surface area contributed by atoms with Gasteiger partial charge in [-0.1, -0.05) is 0 Å². The highest BCUT2D eigenvalue weighted by Crippen LogP contribution is 2.39. The molecular weight excluding hydrogens is 365 g/mol. The van der Waals surface area contributed by atoms with Crippen LogP contribution in [0.1, 0.15) is 31.9 Å². The summed E-state index contributed by atoms with van der Waals surface area (Å²) in [6.45, 7) is 3.80. The first kappa shape index (κ1) is 18.1. The van der Waals surface area contributed by atoms with E-state index < -0.39 is 17.7 Å². The van der Waals surface area contributed by atoms with Gasteiger partial charge in [-0.15, -0.1) is 0 Å². The van der Waals surface area contributed by atoms with Gasteiger partial charge < -0.3 is 25.4 Å². The van der Waals surface area contributed by atoms with E-state index in [1.165, 1.54) is 12.1 Å². The lowest BCUT2D eigenvalue weighted by Crippen LogP contribution is -2.42. The van der Waals surface area contributed by atoms with Crippen molar-refractivity contribution >= 4 is 23.3 Å². The van der Waals surface area contributed by atoms with Gasteiger partial charge in [0.15, 0.2) is 6.61 Å². The third kappa shape index (κ3) is 3.71. The molecule has 1 atom stereocenters. The normalized spacial score (nSPS) is 19.2. The van der Waals surface area contributed by atoms with Crippen LogP contribution in [0.5, 0.6) is 11.5 Å². The molecule has 0 bridgehead atoms. The lowest BCUT2D eigenvalue weighted by atomic mass is 9.89. The lowest BCUT2D eigenvalue weighted by Gasteiger charge is -2.37. The van der Waals surface area contributed by atoms with Crippen molar-refractivity contribution in [2.75, 3.05) is 17.2 Å². The summed E-state index contributed by atoms with van der Waals surface area (Å²) < 4.78 is 24.9. The minimum Gasteiger partial charge on any atom is -0.487 e. The van der Waals surface area contributed by atoms with Gasteiger partial charge in [0, 0.05) is 17.7 Å². The van der Waals surface area contributed by atoms with Crippen LogP contribution in [0, 0.1) is 5.82 Å². The van der Waals surface area contributed by atoms with Gasteiger partial charge in [0.05, 0.1) is 11.7 Å². The molecule has 8 heteroatoms. The molecule has 0 spiro atoms. The maximum absolute atomic E-state index is 13.7. The molecule has 2 heterocycles. The van der Waals surface area contributed by atoms with Crippen LogP contribution < -0.4 is 25.4 Å². The van der Waals surface area contributed by atoms with Crippen LogP contribution in [0.4, 0.5) is 20.6 Å². The number of carbonyl (C=O) groups excluding carboxylic acids is 2. The van der Waals surface area contributed by atoms with Gasteiger partial charge >= 0.3 is 6.03 Å². The van der Waals surface area contributed by atoms with Crippen LogP contribution >= 0.6 is 0 Å². The molecule has 0 saturated heterocycles. The second-order valence-electron chi connectivity index (χ2n) is 7.45. The van der Waals surface area contributed by atoms with Crippen LogP contribution in [0.25, 0.3) is 0 Å². The predicted octanol–water partition coefficient (Wildman–Crippen LogP) is 3.58. The number of hydrogen-bond donors (Lipinski definition) is 3. The molecule has 0 aromatic heterocycles. The molecule has 0 fully saturated rings. The number of benzene rings is 2. The maximum Gasteiger partial charge on any atom is 0.319 e. The van der Waals surface area contributed by atoms with Crippen molar-refractivity contribution in [3.05, 3.63) is 47.8 Å². The number of nitrogens with one attached hydrogen (secondary N) is 3. The fraction of sp³-hybridized carbons (Fsp3) is 0.300. The summed E-state index contributed by atoms with van der Waals surface area (Å²) in [5, 5.41) is 8.31. The van der Waals surface area contributed by atoms with E-state index in [1.807, 2.05) is 13.8 Å². The Balaban J connectivity index is 1.50. The predicted molar refractivity (Wildman–Crippen MR) is 101 cm³/mol. The number of rotatable bonds is 2. The fourth-order valence-corrected chi connectivity index (χ4v) is 3.44. The van der Waals surface area contributed by atoms with Crippen molar-refractivity contribution in [1.29, 1.82) is 0 Å². The molecule has 146 valence electrons. The summed E-state index contributed by atoms with van der Waals surface area (Å²) in [4.78, 5) is 24.0. The number of hydrogen-bond acceptors (Lipinski definition) is 4. The summed E-state index contributed by atoms with van der Waals surface area (Å²) in [5.41, 5.74) is 1.08. The van der Waals surface area contributed by atoms with Crippen molar-refractivity contribution in [3.63, 3.8) is 0 Å². The highest BCUT2D eigenvalue weighted by atomic mass is 19.1. The van der Waals surface area contributed by atoms with Crippen LogP contribution in [0.15, 0.2) is 36.4 Å². The van der Waals surface area contributed by atoms with Gasteiger partial charge in [-0.05, 0) is 50.2 Å². The molecule has 7 nitrogen and oxygen atoms in total. The first-order valence-corrected chi connectivity index (χ1v) is 8.92. The Morgan fingerprint density at radius 3 is 2.82 bits per heavy atom. The summed E-state index contributed by atoms with van der Waals surface area (Å²) in [6.07, 6.45) is 0.491. The minimum atomic E-state index is -0.504. The van der Waals surface area contributed by atoms with Gasteiger partial charge in [0.1, 0.15) is 22.9 Å². The Kier molecular flexibility index (Phi) is 4.33. The Bertz CT molecular complexity index is 960. The second-order valence-corrected chi connectivity index (χ2v) is 7.45. The zero-order chi connectivity index (χ0) is 19.9. The first-order chi connectivity index (χ1) is 13.3. The van der Waals surface area contributed by atoms with Crippen molar-refractivity contribution in [2.45, 2.75) is 31.9 Å². The average molecular weight is 385 g/mol. The lowest BCUT2D eigenvalue weighted by molar-refractivity contribution is -0.118. The number of anilines is 2. The highest BCUT2D eigenvalue weighted by molar-refractivity contribution is 5.97. The molecule has 0 radical (unpaired) electrons. The molecule has 0 saturated carbocycles. The van der Waals surface area contributed by atoms with Gasteiger partial charge in [0.2, 0.25) is 0 Å². The Morgan fingerprint density at radius 2 is 2.00 bits per heavy atom. The highest BCUT2D eigenvalue weighted by Gasteiger charge is 2.35. The number of ether oxygens (including phenoxy) is 2. The van der Waals surface area contributed by atoms with Crippen molar-refractivity contribution in [1.82, 2.24) is 5.32 Å². The first-order valence-electron chi connectivity index (χ1n) is 8.92. The monoisotopic (exact) mass is 385 g/mol. The van der Waals surface area contributed by atoms with E-state index in [2.05, 4.69) is 16.0 Å². The number of halogens is 1. The molecule has 3 amide bonds. The Hall–Kier alpha value is -3.29. The van der Waals surface area contributed by atoms with E-state index in [4.69, 9.17) is 9.47 Å². The summed E-state index contributed by atoms with van der Waals surface area (Å²) in [6, 6.07) is 8.40.